The molecule has 0 aliphatic carbocycles. The van der Waals surface area contributed by atoms with Crippen molar-refractivity contribution in [2.75, 3.05) is 0 Å². The number of halogens is 1. The lowest BCUT2D eigenvalue weighted by molar-refractivity contribution is 0.768. The molecule has 5 heteroatoms. The summed E-state index contributed by atoms with van der Waals surface area (Å²) in [4.78, 5) is 8.18. The monoisotopic (exact) mass is 222 g/mol. The number of rotatable bonds is 3. The van der Waals surface area contributed by atoms with Crippen molar-refractivity contribution in [3.8, 4) is 5.95 Å². The highest BCUT2D eigenvalue weighted by atomic mass is 35.5. The second-order valence-corrected chi connectivity index (χ2v) is 3.56. The highest BCUT2D eigenvalue weighted by Crippen LogP contribution is 2.15. The lowest BCUT2D eigenvalue weighted by Crippen LogP contribution is -2.02. The molecule has 0 atom stereocenters. The molecule has 0 aliphatic heterocycles. The van der Waals surface area contributed by atoms with E-state index in [0.29, 0.717) is 11.1 Å². The molecule has 0 radical (unpaired) electrons. The fourth-order valence-electron chi connectivity index (χ4n) is 1.32. The summed E-state index contributed by atoms with van der Waals surface area (Å²) < 4.78 is 1.55. The van der Waals surface area contributed by atoms with Gasteiger partial charge in [-0.25, -0.2) is 9.97 Å². The van der Waals surface area contributed by atoms with Crippen LogP contribution < -0.4 is 0 Å². The minimum Gasteiger partial charge on any atom is -0.220 e. The van der Waals surface area contributed by atoms with Crippen molar-refractivity contribution in [1.82, 2.24) is 19.7 Å². The normalized spacial score (nSPS) is 10.5. The number of nitrogens with zero attached hydrogens (tertiary/aromatic N) is 4. The quantitative estimate of drug-likeness (QED) is 0.800. The highest BCUT2D eigenvalue weighted by Gasteiger charge is 2.08. The van der Waals surface area contributed by atoms with Gasteiger partial charge in [0, 0.05) is 12.4 Å². The number of aryl methyl sites for hydroxylation is 1. The van der Waals surface area contributed by atoms with Gasteiger partial charge in [0.1, 0.15) is 5.15 Å². The van der Waals surface area contributed by atoms with Gasteiger partial charge in [0.2, 0.25) is 0 Å². The summed E-state index contributed by atoms with van der Waals surface area (Å²) >= 11 is 6.04. The molecular weight excluding hydrogens is 212 g/mol. The minimum atomic E-state index is 0.504. The first-order valence-corrected chi connectivity index (χ1v) is 5.21. The molecule has 0 amide bonds. The maximum absolute atomic E-state index is 6.04. The molecule has 0 N–H and O–H groups in total. The summed E-state index contributed by atoms with van der Waals surface area (Å²) in [6.07, 6.45) is 5.29. The molecular formula is C10H11ClN4. The zero-order chi connectivity index (χ0) is 10.7. The van der Waals surface area contributed by atoms with Crippen LogP contribution in [0.15, 0.2) is 24.5 Å². The molecule has 2 rings (SSSR count). The Morgan fingerprint density at radius 2 is 2.07 bits per heavy atom. The van der Waals surface area contributed by atoms with E-state index in [9.17, 15) is 0 Å². The molecule has 0 bridgehead atoms. The summed E-state index contributed by atoms with van der Waals surface area (Å²) in [5, 5.41) is 4.88. The molecule has 0 unspecified atom stereocenters. The first kappa shape index (κ1) is 10.1. The van der Waals surface area contributed by atoms with Crippen LogP contribution in [0.1, 0.15) is 19.0 Å². The molecule has 0 fully saturated rings. The standard InChI is InChI=1S/C10H11ClN4/c1-2-4-8-7-9(11)15(14-8)10-12-5-3-6-13-10/h3,5-7H,2,4H2,1H3. The summed E-state index contributed by atoms with van der Waals surface area (Å²) in [6.45, 7) is 2.10. The predicted octanol–water partition coefficient (Wildman–Crippen LogP) is 2.27. The van der Waals surface area contributed by atoms with Crippen LogP contribution in [-0.4, -0.2) is 19.7 Å². The third-order valence-electron chi connectivity index (χ3n) is 1.96. The summed E-state index contributed by atoms with van der Waals surface area (Å²) in [7, 11) is 0. The van der Waals surface area contributed by atoms with Gasteiger partial charge < -0.3 is 0 Å². The molecule has 0 aromatic carbocycles. The Kier molecular flexibility index (Phi) is 2.97. The van der Waals surface area contributed by atoms with Crippen molar-refractivity contribution in [3.63, 3.8) is 0 Å². The van der Waals surface area contributed by atoms with Gasteiger partial charge in [-0.3, -0.25) is 0 Å². The van der Waals surface area contributed by atoms with Gasteiger partial charge in [0.05, 0.1) is 5.69 Å². The molecule has 4 nitrogen and oxygen atoms in total. The van der Waals surface area contributed by atoms with E-state index in [1.807, 2.05) is 6.07 Å². The largest absolute Gasteiger partial charge is 0.251 e. The van der Waals surface area contributed by atoms with Gasteiger partial charge in [-0.15, -0.1) is 0 Å². The molecule has 78 valence electrons. The number of aromatic nitrogens is 4. The molecule has 0 saturated carbocycles. The zero-order valence-electron chi connectivity index (χ0n) is 8.39. The van der Waals surface area contributed by atoms with Gasteiger partial charge in [-0.05, 0) is 18.6 Å². The summed E-state index contributed by atoms with van der Waals surface area (Å²) in [6, 6.07) is 3.61. The first-order chi connectivity index (χ1) is 7.31. The molecule has 2 aromatic heterocycles. The fourth-order valence-corrected chi connectivity index (χ4v) is 1.56. The zero-order valence-corrected chi connectivity index (χ0v) is 9.15. The van der Waals surface area contributed by atoms with Crippen molar-refractivity contribution in [1.29, 1.82) is 0 Å². The molecule has 0 spiro atoms. The topological polar surface area (TPSA) is 43.6 Å². The number of hydrogen-bond acceptors (Lipinski definition) is 3. The van der Waals surface area contributed by atoms with Crippen LogP contribution in [0.4, 0.5) is 0 Å². The Morgan fingerprint density at radius 1 is 1.33 bits per heavy atom. The van der Waals surface area contributed by atoms with Crippen molar-refractivity contribution in [3.05, 3.63) is 35.4 Å². The third kappa shape index (κ3) is 2.15. The lowest BCUT2D eigenvalue weighted by atomic mass is 10.3. The van der Waals surface area contributed by atoms with Crippen LogP contribution in [0.5, 0.6) is 0 Å². The maximum atomic E-state index is 6.04. The summed E-state index contributed by atoms with van der Waals surface area (Å²) in [5.41, 5.74) is 0.968. The third-order valence-corrected chi connectivity index (χ3v) is 2.23. The van der Waals surface area contributed by atoms with Gasteiger partial charge in [-0.1, -0.05) is 24.9 Å². The molecule has 0 saturated heterocycles. The van der Waals surface area contributed by atoms with E-state index in [-0.39, 0.29) is 0 Å². The summed E-state index contributed by atoms with van der Waals surface area (Å²) in [5.74, 6) is 0.504. The molecule has 15 heavy (non-hydrogen) atoms. The van der Waals surface area contributed by atoms with E-state index >= 15 is 0 Å². The van der Waals surface area contributed by atoms with Gasteiger partial charge >= 0.3 is 0 Å². The smallest absolute Gasteiger partial charge is 0.220 e. The van der Waals surface area contributed by atoms with Crippen molar-refractivity contribution < 1.29 is 0 Å². The van der Waals surface area contributed by atoms with E-state index in [2.05, 4.69) is 22.0 Å². The highest BCUT2D eigenvalue weighted by molar-refractivity contribution is 6.29. The lowest BCUT2D eigenvalue weighted by Gasteiger charge is -1.98. The maximum Gasteiger partial charge on any atom is 0.251 e. The van der Waals surface area contributed by atoms with E-state index in [1.165, 1.54) is 0 Å². The van der Waals surface area contributed by atoms with Gasteiger partial charge in [-0.2, -0.15) is 9.78 Å². The Balaban J connectivity index is 2.36. The Hall–Kier alpha value is -1.42. The predicted molar refractivity (Wildman–Crippen MR) is 58.2 cm³/mol. The van der Waals surface area contributed by atoms with E-state index in [1.54, 1.807) is 23.1 Å². The Bertz CT molecular complexity index is 438. The van der Waals surface area contributed by atoms with Crippen LogP contribution in [0.2, 0.25) is 5.15 Å². The second-order valence-electron chi connectivity index (χ2n) is 3.17. The van der Waals surface area contributed by atoms with E-state index in [4.69, 9.17) is 11.6 Å². The molecule has 2 heterocycles. The van der Waals surface area contributed by atoms with E-state index < -0.39 is 0 Å². The molecule has 0 aliphatic rings. The van der Waals surface area contributed by atoms with Crippen LogP contribution in [0.25, 0.3) is 5.95 Å². The van der Waals surface area contributed by atoms with Crippen LogP contribution in [0.3, 0.4) is 0 Å². The SMILES string of the molecule is CCCc1cc(Cl)n(-c2ncccn2)n1. The fraction of sp³-hybridized carbons (Fsp3) is 0.300. The van der Waals surface area contributed by atoms with Gasteiger partial charge in [0.15, 0.2) is 0 Å². The van der Waals surface area contributed by atoms with Crippen LogP contribution in [-0.2, 0) is 6.42 Å². The molecule has 2 aromatic rings. The van der Waals surface area contributed by atoms with Crippen molar-refractivity contribution >= 4 is 11.6 Å². The van der Waals surface area contributed by atoms with Crippen molar-refractivity contribution in [2.24, 2.45) is 0 Å². The van der Waals surface area contributed by atoms with Crippen molar-refractivity contribution in [2.45, 2.75) is 19.8 Å². The average Bonchev–Trinajstić information content (AvgIpc) is 2.61. The minimum absolute atomic E-state index is 0.504. The van der Waals surface area contributed by atoms with Crippen LogP contribution >= 0.6 is 11.6 Å². The Morgan fingerprint density at radius 3 is 2.73 bits per heavy atom. The average molecular weight is 223 g/mol. The number of hydrogen-bond donors (Lipinski definition) is 0. The van der Waals surface area contributed by atoms with E-state index in [0.717, 1.165) is 18.5 Å². The first-order valence-electron chi connectivity index (χ1n) is 4.83. The second kappa shape index (κ2) is 4.40. The van der Waals surface area contributed by atoms with Gasteiger partial charge in [0.25, 0.3) is 5.95 Å². The van der Waals surface area contributed by atoms with Crippen LogP contribution in [0, 0.1) is 0 Å². The Labute approximate surface area is 92.9 Å².